The number of nitrogens with zero attached hydrogens (tertiary/aromatic N) is 2. The molecular formula is C25H24BrN3O4S2. The fourth-order valence-electron chi connectivity index (χ4n) is 3.48. The second-order valence-electron chi connectivity index (χ2n) is 7.73. The third-order valence-corrected chi connectivity index (χ3v) is 8.15. The van der Waals surface area contributed by atoms with Crippen LogP contribution in [-0.2, 0) is 21.3 Å². The first-order valence-electron chi connectivity index (χ1n) is 10.9. The lowest BCUT2D eigenvalue weighted by atomic mass is 10.2. The molecule has 0 spiro atoms. The highest BCUT2D eigenvalue weighted by atomic mass is 79.9. The number of sulfonamides is 1. The number of hydrogen-bond donors (Lipinski definition) is 1. The predicted molar refractivity (Wildman–Crippen MR) is 142 cm³/mol. The average Bonchev–Trinajstić information content (AvgIpc) is 3.15. The van der Waals surface area contributed by atoms with Crippen LogP contribution in [0.2, 0.25) is 0 Å². The van der Waals surface area contributed by atoms with Crippen molar-refractivity contribution in [2.45, 2.75) is 25.3 Å². The molecule has 1 aromatic heterocycles. The lowest BCUT2D eigenvalue weighted by Gasteiger charge is -2.11. The van der Waals surface area contributed by atoms with Crippen molar-refractivity contribution < 1.29 is 17.9 Å². The summed E-state index contributed by atoms with van der Waals surface area (Å²) >= 11 is 4.88. The quantitative estimate of drug-likeness (QED) is 0.287. The van der Waals surface area contributed by atoms with Gasteiger partial charge in [0.05, 0.1) is 33.0 Å². The molecule has 0 radical (unpaired) electrons. The molecule has 0 bridgehead atoms. The van der Waals surface area contributed by atoms with E-state index in [4.69, 9.17) is 4.74 Å². The minimum absolute atomic E-state index is 0.117. The van der Waals surface area contributed by atoms with Gasteiger partial charge in [0.25, 0.3) is 15.9 Å². The minimum Gasteiger partial charge on any atom is -0.380 e. The summed E-state index contributed by atoms with van der Waals surface area (Å²) in [6.07, 6.45) is 0. The van der Waals surface area contributed by atoms with Crippen LogP contribution in [0.25, 0.3) is 10.2 Å². The summed E-state index contributed by atoms with van der Waals surface area (Å²) in [5.41, 5.74) is 2.23. The van der Waals surface area contributed by atoms with Gasteiger partial charge in [-0.15, -0.1) is 0 Å². The summed E-state index contributed by atoms with van der Waals surface area (Å²) in [4.78, 5) is 18.3. The number of hydrogen-bond acceptors (Lipinski definition) is 5. The number of anilines is 1. The molecule has 0 aliphatic carbocycles. The van der Waals surface area contributed by atoms with Crippen molar-refractivity contribution in [3.8, 4) is 0 Å². The van der Waals surface area contributed by atoms with E-state index in [9.17, 15) is 13.2 Å². The SMILES string of the molecule is CCOCCn1c(=NC(=O)c2ccccc2NS(=O)(=O)c2ccc(C)cc2)sc2cc(Br)ccc21. The molecule has 0 unspecified atom stereocenters. The van der Waals surface area contributed by atoms with Crippen molar-refractivity contribution in [2.24, 2.45) is 4.99 Å². The Morgan fingerprint density at radius 1 is 1.11 bits per heavy atom. The van der Waals surface area contributed by atoms with E-state index in [0.29, 0.717) is 24.6 Å². The van der Waals surface area contributed by atoms with Gasteiger partial charge in [0.15, 0.2) is 4.80 Å². The van der Waals surface area contributed by atoms with Crippen LogP contribution < -0.4 is 9.52 Å². The topological polar surface area (TPSA) is 89.8 Å². The van der Waals surface area contributed by atoms with Crippen LogP contribution in [-0.4, -0.2) is 32.1 Å². The number of aryl methyl sites for hydroxylation is 1. The molecule has 1 N–H and O–H groups in total. The Balaban J connectivity index is 1.72. The molecule has 0 fully saturated rings. The Morgan fingerprint density at radius 2 is 1.86 bits per heavy atom. The normalized spacial score (nSPS) is 12.3. The zero-order valence-corrected chi connectivity index (χ0v) is 22.4. The largest absolute Gasteiger partial charge is 0.380 e. The number of ether oxygens (including phenoxy) is 1. The fraction of sp³-hybridized carbons (Fsp3) is 0.200. The molecule has 0 aliphatic heterocycles. The standard InChI is InChI=1S/C25H24BrN3O4S2/c1-3-33-15-14-29-22-13-10-18(26)16-23(22)34-25(29)27-24(30)20-6-4-5-7-21(20)28-35(31,32)19-11-8-17(2)9-12-19/h4-13,16,28H,3,14-15H2,1-2H3. The van der Waals surface area contributed by atoms with Crippen molar-refractivity contribution in [1.82, 2.24) is 4.57 Å². The first kappa shape index (κ1) is 25.3. The van der Waals surface area contributed by atoms with Crippen molar-refractivity contribution in [1.29, 1.82) is 0 Å². The summed E-state index contributed by atoms with van der Waals surface area (Å²) in [6.45, 7) is 5.41. The smallest absolute Gasteiger partial charge is 0.281 e. The number of para-hydroxylation sites is 1. The van der Waals surface area contributed by atoms with Crippen LogP contribution in [0, 0.1) is 6.92 Å². The van der Waals surface area contributed by atoms with E-state index in [2.05, 4.69) is 25.6 Å². The molecule has 4 aromatic rings. The molecule has 7 nitrogen and oxygen atoms in total. The summed E-state index contributed by atoms with van der Waals surface area (Å²) in [5.74, 6) is -0.539. The molecule has 0 atom stereocenters. The van der Waals surface area contributed by atoms with Gasteiger partial charge < -0.3 is 9.30 Å². The third kappa shape index (κ3) is 5.90. The number of carbonyl (C=O) groups excluding carboxylic acids is 1. The van der Waals surface area contributed by atoms with Gasteiger partial charge in [-0.25, -0.2) is 8.42 Å². The van der Waals surface area contributed by atoms with Crippen LogP contribution in [0.1, 0.15) is 22.8 Å². The van der Waals surface area contributed by atoms with Gasteiger partial charge in [-0.2, -0.15) is 4.99 Å². The number of nitrogens with one attached hydrogen (secondary N) is 1. The van der Waals surface area contributed by atoms with Gasteiger partial charge in [-0.1, -0.05) is 57.1 Å². The van der Waals surface area contributed by atoms with E-state index >= 15 is 0 Å². The zero-order valence-electron chi connectivity index (χ0n) is 19.2. The molecule has 0 saturated carbocycles. The Labute approximate surface area is 216 Å². The Bertz CT molecular complexity index is 1540. The average molecular weight is 575 g/mol. The van der Waals surface area contributed by atoms with Gasteiger partial charge in [0.1, 0.15) is 0 Å². The summed E-state index contributed by atoms with van der Waals surface area (Å²) in [7, 11) is -3.88. The van der Waals surface area contributed by atoms with Gasteiger partial charge in [0.2, 0.25) is 0 Å². The molecule has 182 valence electrons. The number of carbonyl (C=O) groups is 1. The monoisotopic (exact) mass is 573 g/mol. The Morgan fingerprint density at radius 3 is 2.60 bits per heavy atom. The summed E-state index contributed by atoms with van der Waals surface area (Å²) in [6, 6.07) is 18.9. The van der Waals surface area contributed by atoms with Crippen LogP contribution in [0.5, 0.6) is 0 Å². The molecule has 0 saturated heterocycles. The number of aromatic nitrogens is 1. The van der Waals surface area contributed by atoms with E-state index in [0.717, 1.165) is 20.3 Å². The van der Waals surface area contributed by atoms with E-state index in [1.54, 1.807) is 36.4 Å². The van der Waals surface area contributed by atoms with E-state index in [1.165, 1.54) is 23.5 Å². The number of benzene rings is 3. The van der Waals surface area contributed by atoms with Crippen LogP contribution in [0.3, 0.4) is 0 Å². The first-order chi connectivity index (χ1) is 16.8. The second-order valence-corrected chi connectivity index (χ2v) is 11.3. The number of thiazole rings is 1. The van der Waals surface area contributed by atoms with E-state index < -0.39 is 15.9 Å². The third-order valence-electron chi connectivity index (χ3n) is 5.24. The Kier molecular flexibility index (Phi) is 7.85. The molecule has 35 heavy (non-hydrogen) atoms. The van der Waals surface area contributed by atoms with Gasteiger partial charge in [0, 0.05) is 17.6 Å². The molecule has 1 amide bonds. The summed E-state index contributed by atoms with van der Waals surface area (Å²) < 4.78 is 37.7. The highest BCUT2D eigenvalue weighted by Crippen LogP contribution is 2.24. The highest BCUT2D eigenvalue weighted by Gasteiger charge is 2.19. The van der Waals surface area contributed by atoms with Crippen molar-refractivity contribution in [2.75, 3.05) is 17.9 Å². The van der Waals surface area contributed by atoms with Crippen molar-refractivity contribution in [3.05, 3.63) is 87.1 Å². The predicted octanol–water partition coefficient (Wildman–Crippen LogP) is 5.35. The van der Waals surface area contributed by atoms with E-state index in [-0.39, 0.29) is 16.1 Å². The maximum atomic E-state index is 13.3. The minimum atomic E-state index is -3.88. The number of amides is 1. The maximum absolute atomic E-state index is 13.3. The highest BCUT2D eigenvalue weighted by molar-refractivity contribution is 9.10. The van der Waals surface area contributed by atoms with Gasteiger partial charge in [-0.3, -0.25) is 9.52 Å². The lowest BCUT2D eigenvalue weighted by molar-refractivity contribution is 0.0997. The molecular weight excluding hydrogens is 550 g/mol. The maximum Gasteiger partial charge on any atom is 0.281 e. The number of rotatable bonds is 8. The van der Waals surface area contributed by atoms with Crippen LogP contribution in [0.4, 0.5) is 5.69 Å². The van der Waals surface area contributed by atoms with Crippen LogP contribution in [0.15, 0.2) is 81.1 Å². The fourth-order valence-corrected chi connectivity index (χ4v) is 6.16. The molecule has 1 heterocycles. The summed E-state index contributed by atoms with van der Waals surface area (Å²) in [5, 5.41) is 0. The van der Waals surface area contributed by atoms with Crippen LogP contribution >= 0.6 is 27.3 Å². The van der Waals surface area contributed by atoms with Crippen molar-refractivity contribution >= 4 is 59.1 Å². The van der Waals surface area contributed by atoms with E-state index in [1.807, 2.05) is 36.6 Å². The zero-order chi connectivity index (χ0) is 25.0. The molecule has 4 rings (SSSR count). The van der Waals surface area contributed by atoms with Crippen molar-refractivity contribution in [3.63, 3.8) is 0 Å². The lowest BCUT2D eigenvalue weighted by Crippen LogP contribution is -2.20. The van der Waals surface area contributed by atoms with Gasteiger partial charge in [-0.05, 0) is 56.3 Å². The second kappa shape index (κ2) is 10.9. The first-order valence-corrected chi connectivity index (χ1v) is 14.0. The Hall–Kier alpha value is -2.79. The number of halogens is 1. The van der Waals surface area contributed by atoms with Gasteiger partial charge >= 0.3 is 0 Å². The molecule has 3 aromatic carbocycles. The molecule has 0 aliphatic rings. The molecule has 10 heteroatoms. The number of fused-ring (bicyclic) bond motifs is 1.